The van der Waals surface area contributed by atoms with Crippen LogP contribution >= 0.6 is 11.8 Å². The highest BCUT2D eigenvalue weighted by molar-refractivity contribution is 7.99. The number of carbonyl (C=O) groups excluding carboxylic acids is 1. The molecule has 0 aliphatic rings. The number of para-hydroxylation sites is 1. The summed E-state index contributed by atoms with van der Waals surface area (Å²) >= 11 is 1.63. The second-order valence-electron chi connectivity index (χ2n) is 7.22. The average Bonchev–Trinajstić information content (AvgIpc) is 2.73. The van der Waals surface area contributed by atoms with Gasteiger partial charge in [-0.15, -0.1) is 11.8 Å². The van der Waals surface area contributed by atoms with Crippen molar-refractivity contribution in [2.24, 2.45) is 0 Å². The molecule has 0 aromatic heterocycles. The Kier molecular flexibility index (Phi) is 7.08. The van der Waals surface area contributed by atoms with Gasteiger partial charge in [-0.3, -0.25) is 9.52 Å². The van der Waals surface area contributed by atoms with Crippen LogP contribution in [0.2, 0.25) is 0 Å². The quantitative estimate of drug-likeness (QED) is 0.444. The number of aryl methyl sites for hydroxylation is 2. The van der Waals surface area contributed by atoms with Gasteiger partial charge in [-0.25, -0.2) is 8.42 Å². The van der Waals surface area contributed by atoms with E-state index < -0.39 is 10.0 Å². The highest BCUT2D eigenvalue weighted by atomic mass is 32.2. The zero-order chi connectivity index (χ0) is 22.6. The van der Waals surface area contributed by atoms with Crippen LogP contribution in [0.3, 0.4) is 0 Å². The number of sulfonamides is 1. The van der Waals surface area contributed by atoms with Crippen LogP contribution in [-0.2, 0) is 10.0 Å². The van der Waals surface area contributed by atoms with Gasteiger partial charge in [-0.05, 0) is 73.5 Å². The summed E-state index contributed by atoms with van der Waals surface area (Å²) in [6, 6.07) is 17.7. The van der Waals surface area contributed by atoms with Crippen molar-refractivity contribution < 1.29 is 13.2 Å². The van der Waals surface area contributed by atoms with Gasteiger partial charge in [0.2, 0.25) is 0 Å². The van der Waals surface area contributed by atoms with Crippen LogP contribution in [0.1, 0.15) is 34.0 Å². The van der Waals surface area contributed by atoms with Gasteiger partial charge < -0.3 is 5.32 Å². The molecule has 0 saturated carbocycles. The molecule has 0 aliphatic heterocycles. The van der Waals surface area contributed by atoms with Gasteiger partial charge >= 0.3 is 0 Å². The maximum absolute atomic E-state index is 13.1. The van der Waals surface area contributed by atoms with Crippen LogP contribution in [-0.4, -0.2) is 20.1 Å². The third-order valence-corrected chi connectivity index (χ3v) is 7.49. The summed E-state index contributed by atoms with van der Waals surface area (Å²) in [5, 5.41) is 2.90. The lowest BCUT2D eigenvalue weighted by atomic mass is 10.1. The van der Waals surface area contributed by atoms with E-state index in [9.17, 15) is 13.2 Å². The summed E-state index contributed by atoms with van der Waals surface area (Å²) in [4.78, 5) is 13.9. The van der Waals surface area contributed by atoms with Crippen LogP contribution < -0.4 is 10.0 Å². The van der Waals surface area contributed by atoms with E-state index in [-0.39, 0.29) is 16.4 Å². The third-order valence-electron chi connectivity index (χ3n) is 5.02. The Hall–Kier alpha value is -2.77. The number of nitrogens with one attached hydrogen (secondary N) is 2. The fourth-order valence-corrected chi connectivity index (χ4v) is 5.29. The van der Waals surface area contributed by atoms with Gasteiger partial charge in [-0.2, -0.15) is 0 Å². The summed E-state index contributed by atoms with van der Waals surface area (Å²) in [6.07, 6.45) is 0. The number of rotatable bonds is 7. The smallest absolute Gasteiger partial charge is 0.262 e. The molecule has 0 radical (unpaired) electrons. The van der Waals surface area contributed by atoms with Gasteiger partial charge in [0.15, 0.2) is 0 Å². The molecule has 0 bridgehead atoms. The van der Waals surface area contributed by atoms with Crippen LogP contribution in [0, 0.1) is 20.8 Å². The molecule has 0 heterocycles. The predicted octanol–water partition coefficient (Wildman–Crippen LogP) is 5.78. The molecule has 162 valence electrons. The van der Waals surface area contributed by atoms with Crippen molar-refractivity contribution in [3.63, 3.8) is 0 Å². The molecule has 2 N–H and O–H groups in total. The van der Waals surface area contributed by atoms with E-state index >= 15 is 0 Å². The standard InChI is InChI=1S/C24H26N2O3S2/c1-5-30-22-12-7-6-10-21(22)25-24(27)19-14-13-17(3)23(15-19)31(28,29)26-20-11-8-9-16(2)18(20)4/h6-15,26H,5H2,1-4H3,(H,25,27). The van der Waals surface area contributed by atoms with Gasteiger partial charge in [0.1, 0.15) is 0 Å². The highest BCUT2D eigenvalue weighted by Crippen LogP contribution is 2.28. The number of carbonyl (C=O) groups is 1. The van der Waals surface area contributed by atoms with E-state index in [0.717, 1.165) is 21.8 Å². The molecule has 0 saturated heterocycles. The van der Waals surface area contributed by atoms with Crippen molar-refractivity contribution in [1.29, 1.82) is 0 Å². The Morgan fingerprint density at radius 1 is 0.903 bits per heavy atom. The molecule has 3 aromatic rings. The van der Waals surface area contributed by atoms with Crippen LogP contribution in [0.5, 0.6) is 0 Å². The molecular formula is C24H26N2O3S2. The minimum Gasteiger partial charge on any atom is -0.321 e. The van der Waals surface area contributed by atoms with E-state index in [4.69, 9.17) is 0 Å². The summed E-state index contributed by atoms with van der Waals surface area (Å²) in [5.41, 5.74) is 3.94. The molecule has 3 rings (SSSR count). The van der Waals surface area contributed by atoms with Gasteiger partial charge in [0.25, 0.3) is 15.9 Å². The topological polar surface area (TPSA) is 75.3 Å². The van der Waals surface area contributed by atoms with Crippen molar-refractivity contribution in [3.8, 4) is 0 Å². The van der Waals surface area contributed by atoms with Crippen molar-refractivity contribution in [3.05, 3.63) is 82.9 Å². The molecule has 0 atom stereocenters. The molecule has 0 unspecified atom stereocenters. The van der Waals surface area contributed by atoms with Crippen LogP contribution in [0.4, 0.5) is 11.4 Å². The Bertz CT molecular complexity index is 1220. The molecule has 0 spiro atoms. The third kappa shape index (κ3) is 5.29. The number of thioether (sulfide) groups is 1. The monoisotopic (exact) mass is 454 g/mol. The van der Waals surface area contributed by atoms with Gasteiger partial charge in [0.05, 0.1) is 16.3 Å². The second kappa shape index (κ2) is 9.58. The fraction of sp³-hybridized carbons (Fsp3) is 0.208. The second-order valence-corrected chi connectivity index (χ2v) is 10.2. The molecule has 1 amide bonds. The Morgan fingerprint density at radius 3 is 2.35 bits per heavy atom. The normalized spacial score (nSPS) is 11.2. The number of hydrogen-bond acceptors (Lipinski definition) is 4. The molecule has 31 heavy (non-hydrogen) atoms. The Balaban J connectivity index is 1.91. The molecule has 0 fully saturated rings. The maximum Gasteiger partial charge on any atom is 0.262 e. The van der Waals surface area contributed by atoms with Crippen LogP contribution in [0.25, 0.3) is 0 Å². The maximum atomic E-state index is 13.1. The molecule has 5 nitrogen and oxygen atoms in total. The van der Waals surface area contributed by atoms with E-state index in [0.29, 0.717) is 16.9 Å². The molecule has 0 aliphatic carbocycles. The van der Waals surface area contributed by atoms with Crippen molar-refractivity contribution >= 4 is 39.1 Å². The number of hydrogen-bond donors (Lipinski definition) is 2. The number of amides is 1. The minimum atomic E-state index is -3.86. The predicted molar refractivity (Wildman–Crippen MR) is 129 cm³/mol. The summed E-state index contributed by atoms with van der Waals surface area (Å²) in [6.45, 7) is 7.56. The summed E-state index contributed by atoms with van der Waals surface area (Å²) < 4.78 is 28.9. The van der Waals surface area contributed by atoms with E-state index in [2.05, 4.69) is 10.0 Å². The Morgan fingerprint density at radius 2 is 1.61 bits per heavy atom. The minimum absolute atomic E-state index is 0.0808. The highest BCUT2D eigenvalue weighted by Gasteiger charge is 2.20. The lowest BCUT2D eigenvalue weighted by Crippen LogP contribution is -2.18. The average molecular weight is 455 g/mol. The molecular weight excluding hydrogens is 428 g/mol. The lowest BCUT2D eigenvalue weighted by molar-refractivity contribution is 0.102. The summed E-state index contributed by atoms with van der Waals surface area (Å²) in [5.74, 6) is 0.525. The van der Waals surface area contributed by atoms with Crippen molar-refractivity contribution in [2.45, 2.75) is 37.5 Å². The van der Waals surface area contributed by atoms with Crippen molar-refractivity contribution in [2.75, 3.05) is 15.8 Å². The van der Waals surface area contributed by atoms with E-state index in [1.54, 1.807) is 36.9 Å². The number of benzene rings is 3. The fourth-order valence-electron chi connectivity index (χ4n) is 3.14. The van der Waals surface area contributed by atoms with E-state index in [1.807, 2.05) is 57.2 Å². The van der Waals surface area contributed by atoms with Gasteiger partial charge in [0, 0.05) is 10.5 Å². The first-order chi connectivity index (χ1) is 14.7. The first-order valence-corrected chi connectivity index (χ1v) is 12.4. The van der Waals surface area contributed by atoms with Gasteiger partial charge in [-0.1, -0.05) is 37.3 Å². The Labute approximate surface area is 188 Å². The number of anilines is 2. The van der Waals surface area contributed by atoms with Crippen LogP contribution in [0.15, 0.2) is 70.5 Å². The van der Waals surface area contributed by atoms with Crippen molar-refractivity contribution in [1.82, 2.24) is 0 Å². The molecule has 3 aromatic carbocycles. The van der Waals surface area contributed by atoms with E-state index in [1.165, 1.54) is 6.07 Å². The first kappa shape index (κ1) is 22.9. The largest absolute Gasteiger partial charge is 0.321 e. The SMILES string of the molecule is CCSc1ccccc1NC(=O)c1ccc(C)c(S(=O)(=O)Nc2cccc(C)c2C)c1. The summed E-state index contributed by atoms with van der Waals surface area (Å²) in [7, 11) is -3.86. The zero-order valence-corrected chi connectivity index (χ0v) is 19.7. The first-order valence-electron chi connectivity index (χ1n) is 9.96. The molecule has 7 heteroatoms. The lowest BCUT2D eigenvalue weighted by Gasteiger charge is -2.15. The zero-order valence-electron chi connectivity index (χ0n) is 18.0.